The molecule has 1 aliphatic heterocycles. The summed E-state index contributed by atoms with van der Waals surface area (Å²) in [6.07, 6.45) is 2.07. The normalized spacial score (nSPS) is 18.1. The van der Waals surface area contributed by atoms with Gasteiger partial charge in [0.05, 0.1) is 19.8 Å². The lowest BCUT2D eigenvalue weighted by molar-refractivity contribution is -0.142. The number of rotatable bonds is 16. The van der Waals surface area contributed by atoms with E-state index in [0.717, 1.165) is 39.3 Å². The molecule has 0 aromatic carbocycles. The van der Waals surface area contributed by atoms with Crippen LogP contribution in [0.4, 0.5) is 0 Å². The monoisotopic (exact) mass is 378 g/mol. The molecule has 0 spiro atoms. The second kappa shape index (κ2) is 12.4. The van der Waals surface area contributed by atoms with Crippen LogP contribution in [0.25, 0.3) is 0 Å². The van der Waals surface area contributed by atoms with E-state index in [2.05, 4.69) is 6.92 Å². The molecule has 1 unspecified atom stereocenters. The van der Waals surface area contributed by atoms with Crippen LogP contribution in [0.2, 0.25) is 6.04 Å². The highest BCUT2D eigenvalue weighted by Crippen LogP contribution is 2.39. The highest BCUT2D eigenvalue weighted by Gasteiger charge is 2.41. The fraction of sp³-hybridized carbons (Fsp3) is 1.00. The number of ether oxygens (including phenoxy) is 3. The zero-order valence-corrected chi connectivity index (χ0v) is 17.8. The summed E-state index contributed by atoms with van der Waals surface area (Å²) < 4.78 is 34.2. The Bertz CT molecular complexity index is 321. The summed E-state index contributed by atoms with van der Waals surface area (Å²) in [5.41, 5.74) is 0.266. The van der Waals surface area contributed by atoms with Crippen LogP contribution in [0.15, 0.2) is 0 Å². The molecule has 0 N–H and O–H groups in total. The molecule has 1 aliphatic rings. The van der Waals surface area contributed by atoms with E-state index in [4.69, 9.17) is 27.5 Å². The van der Waals surface area contributed by atoms with Crippen LogP contribution in [-0.4, -0.2) is 68.8 Å². The van der Waals surface area contributed by atoms with Gasteiger partial charge >= 0.3 is 8.80 Å². The molecule has 0 aliphatic carbocycles. The Hall–Kier alpha value is -0.0231. The van der Waals surface area contributed by atoms with Crippen molar-refractivity contribution in [2.24, 2.45) is 11.3 Å². The Labute approximate surface area is 154 Å². The van der Waals surface area contributed by atoms with Crippen molar-refractivity contribution in [3.8, 4) is 0 Å². The Morgan fingerprint density at radius 3 is 1.92 bits per heavy atom. The minimum Gasteiger partial charge on any atom is -0.385 e. The molecule has 0 radical (unpaired) electrons. The van der Waals surface area contributed by atoms with Crippen molar-refractivity contribution < 1.29 is 27.5 Å². The van der Waals surface area contributed by atoms with Gasteiger partial charge in [-0.3, -0.25) is 0 Å². The van der Waals surface area contributed by atoms with Gasteiger partial charge in [-0.25, -0.2) is 0 Å². The van der Waals surface area contributed by atoms with Gasteiger partial charge in [0.25, 0.3) is 0 Å². The summed E-state index contributed by atoms with van der Waals surface area (Å²) in [4.78, 5) is 0. The van der Waals surface area contributed by atoms with Crippen LogP contribution < -0.4 is 0 Å². The van der Waals surface area contributed by atoms with Gasteiger partial charge in [-0.1, -0.05) is 6.92 Å². The summed E-state index contributed by atoms with van der Waals surface area (Å²) in [5.74, 6) is 0.564. The molecule has 7 heteroatoms. The van der Waals surface area contributed by atoms with Gasteiger partial charge in [-0.2, -0.15) is 0 Å². The van der Waals surface area contributed by atoms with Crippen LogP contribution in [0, 0.1) is 11.3 Å². The van der Waals surface area contributed by atoms with E-state index in [-0.39, 0.29) is 5.41 Å². The summed E-state index contributed by atoms with van der Waals surface area (Å²) in [7, 11) is -0.835. The molecule has 150 valence electrons. The summed E-state index contributed by atoms with van der Waals surface area (Å²) in [6, 6.07) is 0.700. The van der Waals surface area contributed by atoms with Crippen LogP contribution in [-0.2, 0) is 27.5 Å². The first-order chi connectivity index (χ1) is 12.1. The average molecular weight is 379 g/mol. The summed E-state index contributed by atoms with van der Waals surface area (Å²) in [5, 5.41) is 0. The fourth-order valence-electron chi connectivity index (χ4n) is 3.29. The van der Waals surface area contributed by atoms with Crippen molar-refractivity contribution in [1.82, 2.24) is 0 Å². The second-order valence-electron chi connectivity index (χ2n) is 6.76. The van der Waals surface area contributed by atoms with Crippen molar-refractivity contribution >= 4 is 8.80 Å². The van der Waals surface area contributed by atoms with Gasteiger partial charge in [0.2, 0.25) is 0 Å². The maximum Gasteiger partial charge on any atom is 0.503 e. The lowest BCUT2D eigenvalue weighted by Crippen LogP contribution is -2.47. The summed E-state index contributed by atoms with van der Waals surface area (Å²) in [6.45, 7) is 13.8. The Kier molecular flexibility index (Phi) is 11.4. The number of hydrogen-bond acceptors (Lipinski definition) is 6. The third-order valence-corrected chi connectivity index (χ3v) is 7.78. The largest absolute Gasteiger partial charge is 0.503 e. The highest BCUT2D eigenvalue weighted by molar-refractivity contribution is 6.60. The quantitative estimate of drug-likeness (QED) is 0.304. The Morgan fingerprint density at radius 2 is 1.48 bits per heavy atom. The maximum atomic E-state index is 5.92. The molecule has 0 bridgehead atoms. The third kappa shape index (κ3) is 7.62. The molecule has 0 aromatic heterocycles. The zero-order chi connectivity index (χ0) is 18.6. The molecule has 1 fully saturated rings. The van der Waals surface area contributed by atoms with Gasteiger partial charge < -0.3 is 27.5 Å². The maximum absolute atomic E-state index is 5.92. The van der Waals surface area contributed by atoms with Crippen molar-refractivity contribution in [3.05, 3.63) is 0 Å². The van der Waals surface area contributed by atoms with E-state index < -0.39 is 8.80 Å². The van der Waals surface area contributed by atoms with Gasteiger partial charge in [-0.05, 0) is 39.5 Å². The number of methoxy groups -OCH3 is 1. The third-order valence-electron chi connectivity index (χ3n) is 4.78. The van der Waals surface area contributed by atoms with E-state index in [9.17, 15) is 0 Å². The number of hydrogen-bond donors (Lipinski definition) is 0. The molecule has 0 saturated carbocycles. The molecule has 1 saturated heterocycles. The Morgan fingerprint density at radius 1 is 0.920 bits per heavy atom. The minimum absolute atomic E-state index is 0.266. The SMILES string of the molecule is CCO[Si](CCOCCC(CCOC)C1(C)COC1)(OCC)OCC. The second-order valence-corrected chi connectivity index (χ2v) is 9.49. The lowest BCUT2D eigenvalue weighted by Gasteiger charge is -2.44. The van der Waals surface area contributed by atoms with Crippen LogP contribution in [0.5, 0.6) is 0 Å². The zero-order valence-electron chi connectivity index (χ0n) is 16.8. The smallest absolute Gasteiger partial charge is 0.385 e. The molecule has 25 heavy (non-hydrogen) atoms. The van der Waals surface area contributed by atoms with E-state index in [1.54, 1.807) is 7.11 Å². The molecule has 0 amide bonds. The van der Waals surface area contributed by atoms with E-state index in [0.29, 0.717) is 38.4 Å². The first-order valence-corrected chi connectivity index (χ1v) is 11.5. The van der Waals surface area contributed by atoms with Crippen molar-refractivity contribution in [3.63, 3.8) is 0 Å². The van der Waals surface area contributed by atoms with Crippen molar-refractivity contribution in [1.29, 1.82) is 0 Å². The van der Waals surface area contributed by atoms with Gasteiger partial charge in [0.15, 0.2) is 0 Å². The van der Waals surface area contributed by atoms with Crippen molar-refractivity contribution in [2.75, 3.05) is 60.0 Å². The first kappa shape index (κ1) is 23.0. The summed E-state index contributed by atoms with van der Waals surface area (Å²) >= 11 is 0. The van der Waals surface area contributed by atoms with Crippen LogP contribution in [0.1, 0.15) is 40.5 Å². The molecule has 6 nitrogen and oxygen atoms in total. The standard InChI is InChI=1S/C18H38O6Si/c1-6-22-25(23-7-2,24-8-3)14-13-20-12-10-17(9-11-19-5)18(4)15-21-16-18/h17H,6-16H2,1-5H3. The predicted octanol–water partition coefficient (Wildman–Crippen LogP) is 3.13. The highest BCUT2D eigenvalue weighted by atomic mass is 28.4. The molecule has 1 heterocycles. The lowest BCUT2D eigenvalue weighted by atomic mass is 9.72. The molecular formula is C18H38O6Si. The van der Waals surface area contributed by atoms with Gasteiger partial charge in [0.1, 0.15) is 0 Å². The average Bonchev–Trinajstić information content (AvgIpc) is 2.56. The van der Waals surface area contributed by atoms with Gasteiger partial charge in [0, 0.05) is 51.6 Å². The van der Waals surface area contributed by atoms with Crippen LogP contribution in [0.3, 0.4) is 0 Å². The molecule has 1 atom stereocenters. The van der Waals surface area contributed by atoms with E-state index >= 15 is 0 Å². The van der Waals surface area contributed by atoms with Gasteiger partial charge in [-0.15, -0.1) is 0 Å². The Balaban J connectivity index is 2.37. The predicted molar refractivity (Wildman–Crippen MR) is 99.8 cm³/mol. The van der Waals surface area contributed by atoms with Crippen LogP contribution >= 0.6 is 0 Å². The molecular weight excluding hydrogens is 340 g/mol. The molecule has 0 aromatic rings. The van der Waals surface area contributed by atoms with Crippen molar-refractivity contribution in [2.45, 2.75) is 46.6 Å². The van der Waals surface area contributed by atoms with E-state index in [1.807, 2.05) is 20.8 Å². The first-order valence-electron chi connectivity index (χ1n) is 9.62. The fourth-order valence-corrected chi connectivity index (χ4v) is 5.68. The van der Waals surface area contributed by atoms with E-state index in [1.165, 1.54) is 0 Å². The molecule has 1 rings (SSSR count). The topological polar surface area (TPSA) is 55.4 Å². The minimum atomic E-state index is -2.59.